The second-order valence-corrected chi connectivity index (χ2v) is 6.14. The number of fused-ring (bicyclic) bond motifs is 1. The topological polar surface area (TPSA) is 54.9 Å². The highest BCUT2D eigenvalue weighted by molar-refractivity contribution is 7.85. The quantitative estimate of drug-likeness (QED) is 0.920. The number of aromatic nitrogens is 2. The molecule has 0 amide bonds. The molecule has 1 aromatic carbocycles. The predicted molar refractivity (Wildman–Crippen MR) is 79.1 cm³/mol. The first-order valence-corrected chi connectivity index (χ1v) is 7.39. The molecule has 2 aromatic rings. The smallest absolute Gasteiger partial charge is 0.146 e. The van der Waals surface area contributed by atoms with Crippen LogP contribution in [0.1, 0.15) is 12.8 Å². The molecule has 1 aliphatic rings. The highest BCUT2D eigenvalue weighted by Gasteiger charge is 2.22. The van der Waals surface area contributed by atoms with E-state index in [1.54, 1.807) is 6.20 Å². The van der Waals surface area contributed by atoms with Crippen molar-refractivity contribution in [1.29, 1.82) is 0 Å². The Hall–Kier alpha value is -1.04. The summed E-state index contributed by atoms with van der Waals surface area (Å²) in [6.45, 7) is 1.83. The molecule has 19 heavy (non-hydrogen) atoms. The van der Waals surface area contributed by atoms with Crippen molar-refractivity contribution in [3.05, 3.63) is 30.5 Å². The molecular formula is C13H16ClN3OS. The van der Waals surface area contributed by atoms with Crippen molar-refractivity contribution < 1.29 is 4.21 Å². The summed E-state index contributed by atoms with van der Waals surface area (Å²) < 4.78 is 12.4. The Kier molecular flexibility index (Phi) is 4.85. The molecule has 0 radical (unpaired) electrons. The number of nitrogens with one attached hydrogen (secondary N) is 1. The Labute approximate surface area is 120 Å². The molecule has 3 rings (SSSR count). The van der Waals surface area contributed by atoms with E-state index >= 15 is 0 Å². The second kappa shape index (κ2) is 6.41. The molecule has 1 aromatic heterocycles. The van der Waals surface area contributed by atoms with Crippen molar-refractivity contribution in [2.24, 2.45) is 0 Å². The minimum atomic E-state index is -1.06. The standard InChI is InChI=1S/C13H15N3OS.ClH/c17-18(10-4-3-7-14-8-10)13-9-15-11-5-1-2-6-12(11)16-13;/h1-2,5-6,9-10,14H,3-4,7-8H2;1H. The lowest BCUT2D eigenvalue weighted by Crippen LogP contribution is -2.36. The zero-order valence-electron chi connectivity index (χ0n) is 10.4. The van der Waals surface area contributed by atoms with Gasteiger partial charge < -0.3 is 5.32 Å². The molecule has 0 bridgehead atoms. The minimum Gasteiger partial charge on any atom is -0.316 e. The van der Waals surface area contributed by atoms with Gasteiger partial charge in [0.15, 0.2) is 0 Å². The maximum Gasteiger partial charge on any atom is 0.146 e. The molecule has 1 N–H and O–H groups in total. The summed E-state index contributed by atoms with van der Waals surface area (Å²) in [5.74, 6) is 0. The Bertz CT molecular complexity index is 587. The van der Waals surface area contributed by atoms with E-state index in [-0.39, 0.29) is 17.7 Å². The lowest BCUT2D eigenvalue weighted by molar-refractivity contribution is 0.519. The van der Waals surface area contributed by atoms with Gasteiger partial charge in [0.25, 0.3) is 0 Å². The number of para-hydroxylation sites is 2. The molecule has 2 unspecified atom stereocenters. The Morgan fingerprint density at radius 2 is 2.05 bits per heavy atom. The molecule has 2 atom stereocenters. The average Bonchev–Trinajstić information content (AvgIpc) is 2.47. The molecule has 0 spiro atoms. The molecule has 1 aliphatic heterocycles. The molecule has 2 heterocycles. The van der Waals surface area contributed by atoms with Crippen LogP contribution in [0.25, 0.3) is 11.0 Å². The maximum absolute atomic E-state index is 12.4. The van der Waals surface area contributed by atoms with E-state index in [2.05, 4.69) is 15.3 Å². The van der Waals surface area contributed by atoms with Gasteiger partial charge in [-0.25, -0.2) is 4.98 Å². The summed E-state index contributed by atoms with van der Waals surface area (Å²) in [5.41, 5.74) is 1.66. The fraction of sp³-hybridized carbons (Fsp3) is 0.385. The van der Waals surface area contributed by atoms with Gasteiger partial charge in [-0.1, -0.05) is 12.1 Å². The lowest BCUT2D eigenvalue weighted by Gasteiger charge is -2.21. The van der Waals surface area contributed by atoms with E-state index in [0.717, 1.165) is 37.0 Å². The SMILES string of the molecule is Cl.O=S(c1cnc2ccccc2n1)C1CCCNC1. The maximum atomic E-state index is 12.4. The van der Waals surface area contributed by atoms with Gasteiger partial charge in [-0.2, -0.15) is 0 Å². The van der Waals surface area contributed by atoms with E-state index in [1.807, 2.05) is 24.3 Å². The van der Waals surface area contributed by atoms with Crippen LogP contribution in [-0.4, -0.2) is 32.5 Å². The molecule has 0 saturated carbocycles. The van der Waals surface area contributed by atoms with Gasteiger partial charge in [0.1, 0.15) is 5.03 Å². The summed E-state index contributed by atoms with van der Waals surface area (Å²) in [7, 11) is -1.06. The highest BCUT2D eigenvalue weighted by Crippen LogP contribution is 2.17. The number of hydrogen-bond acceptors (Lipinski definition) is 4. The van der Waals surface area contributed by atoms with E-state index in [1.165, 1.54) is 0 Å². The Morgan fingerprint density at radius 1 is 1.26 bits per heavy atom. The second-order valence-electron chi connectivity index (χ2n) is 4.46. The van der Waals surface area contributed by atoms with Crippen molar-refractivity contribution in [1.82, 2.24) is 15.3 Å². The zero-order valence-corrected chi connectivity index (χ0v) is 12.0. The third-order valence-electron chi connectivity index (χ3n) is 3.19. The minimum absolute atomic E-state index is 0. The number of nitrogens with zero attached hydrogens (tertiary/aromatic N) is 2. The van der Waals surface area contributed by atoms with Crippen molar-refractivity contribution >= 4 is 34.2 Å². The lowest BCUT2D eigenvalue weighted by atomic mass is 10.2. The Balaban J connectivity index is 0.00000133. The van der Waals surface area contributed by atoms with Crippen molar-refractivity contribution in [3.8, 4) is 0 Å². The van der Waals surface area contributed by atoms with Crippen LogP contribution in [0.15, 0.2) is 35.5 Å². The van der Waals surface area contributed by atoms with Crippen LogP contribution >= 0.6 is 12.4 Å². The summed E-state index contributed by atoms with van der Waals surface area (Å²) >= 11 is 0. The van der Waals surface area contributed by atoms with Gasteiger partial charge in [-0.15, -0.1) is 12.4 Å². The third kappa shape index (κ3) is 3.11. The molecular weight excluding hydrogens is 282 g/mol. The Morgan fingerprint density at radius 3 is 2.79 bits per heavy atom. The van der Waals surface area contributed by atoms with Crippen LogP contribution in [0, 0.1) is 0 Å². The van der Waals surface area contributed by atoms with Crippen LogP contribution in [-0.2, 0) is 10.8 Å². The van der Waals surface area contributed by atoms with E-state index < -0.39 is 10.8 Å². The van der Waals surface area contributed by atoms with Crippen LogP contribution in [0.4, 0.5) is 0 Å². The van der Waals surface area contributed by atoms with Gasteiger partial charge >= 0.3 is 0 Å². The predicted octanol–water partition coefficient (Wildman–Crippen LogP) is 1.91. The summed E-state index contributed by atoms with van der Waals surface area (Å²) in [6, 6.07) is 7.67. The molecule has 1 fully saturated rings. The molecule has 6 heteroatoms. The fourth-order valence-electron chi connectivity index (χ4n) is 2.21. The fourth-order valence-corrected chi connectivity index (χ4v) is 3.55. The van der Waals surface area contributed by atoms with Gasteiger partial charge in [0.05, 0.1) is 33.3 Å². The summed E-state index contributed by atoms with van der Waals surface area (Å²) in [5, 5.41) is 4.04. The number of rotatable bonds is 2. The molecule has 102 valence electrons. The first kappa shape index (κ1) is 14.4. The van der Waals surface area contributed by atoms with Crippen LogP contribution in [0.3, 0.4) is 0 Å². The normalized spacial score (nSPS) is 20.7. The van der Waals surface area contributed by atoms with Gasteiger partial charge in [-0.05, 0) is 31.5 Å². The first-order valence-electron chi connectivity index (χ1n) is 6.18. The number of halogens is 1. The summed E-state index contributed by atoms with van der Waals surface area (Å²) in [4.78, 5) is 8.78. The van der Waals surface area contributed by atoms with E-state index in [9.17, 15) is 4.21 Å². The average molecular weight is 298 g/mol. The number of piperidine rings is 1. The van der Waals surface area contributed by atoms with Gasteiger partial charge in [0.2, 0.25) is 0 Å². The van der Waals surface area contributed by atoms with Crippen LogP contribution in [0.5, 0.6) is 0 Å². The largest absolute Gasteiger partial charge is 0.316 e. The summed E-state index contributed by atoms with van der Waals surface area (Å²) in [6.07, 6.45) is 3.72. The van der Waals surface area contributed by atoms with Crippen molar-refractivity contribution in [2.75, 3.05) is 13.1 Å². The highest BCUT2D eigenvalue weighted by atomic mass is 35.5. The molecule has 1 saturated heterocycles. The molecule has 0 aliphatic carbocycles. The first-order chi connectivity index (χ1) is 8.84. The van der Waals surface area contributed by atoms with Crippen LogP contribution in [0.2, 0.25) is 0 Å². The third-order valence-corrected chi connectivity index (χ3v) is 4.80. The zero-order chi connectivity index (χ0) is 12.4. The van der Waals surface area contributed by atoms with E-state index in [0.29, 0.717) is 5.03 Å². The monoisotopic (exact) mass is 297 g/mol. The van der Waals surface area contributed by atoms with Gasteiger partial charge in [-0.3, -0.25) is 9.19 Å². The van der Waals surface area contributed by atoms with Crippen molar-refractivity contribution in [3.63, 3.8) is 0 Å². The number of hydrogen-bond donors (Lipinski definition) is 1. The van der Waals surface area contributed by atoms with Crippen LogP contribution < -0.4 is 5.32 Å². The van der Waals surface area contributed by atoms with Gasteiger partial charge in [0, 0.05) is 6.54 Å². The molecule has 4 nitrogen and oxygen atoms in total. The number of benzene rings is 1. The van der Waals surface area contributed by atoms with E-state index in [4.69, 9.17) is 0 Å². The van der Waals surface area contributed by atoms with Crippen molar-refractivity contribution in [2.45, 2.75) is 23.1 Å².